The standard InChI is InChI=1S/C14H17N3O4/c18-14(13-3-4-16-21-13)15-10-11(12-2-1-7-20-12)17-5-8-19-9-6-17/h1-4,7,11H,5-6,8-10H2,(H,15,18). The molecule has 1 unspecified atom stereocenters. The summed E-state index contributed by atoms with van der Waals surface area (Å²) in [6, 6.07) is 5.28. The average Bonchev–Trinajstić information content (AvgIpc) is 3.22. The van der Waals surface area contributed by atoms with E-state index in [2.05, 4.69) is 15.4 Å². The Morgan fingerprint density at radius 2 is 2.24 bits per heavy atom. The summed E-state index contributed by atoms with van der Waals surface area (Å²) in [5.41, 5.74) is 0. The summed E-state index contributed by atoms with van der Waals surface area (Å²) >= 11 is 0. The van der Waals surface area contributed by atoms with E-state index in [0.717, 1.165) is 18.8 Å². The van der Waals surface area contributed by atoms with Crippen molar-refractivity contribution in [1.82, 2.24) is 15.4 Å². The van der Waals surface area contributed by atoms with Gasteiger partial charge in [-0.15, -0.1) is 0 Å². The monoisotopic (exact) mass is 291 g/mol. The minimum atomic E-state index is -0.280. The van der Waals surface area contributed by atoms with Crippen LogP contribution in [0.2, 0.25) is 0 Å². The zero-order valence-corrected chi connectivity index (χ0v) is 11.5. The second-order valence-corrected chi connectivity index (χ2v) is 4.77. The molecule has 0 spiro atoms. The van der Waals surface area contributed by atoms with Crippen LogP contribution in [-0.2, 0) is 4.74 Å². The number of aromatic nitrogens is 1. The summed E-state index contributed by atoms with van der Waals surface area (Å²) in [7, 11) is 0. The Labute approximate surface area is 121 Å². The number of morpholine rings is 1. The molecule has 1 aliphatic heterocycles. The van der Waals surface area contributed by atoms with Crippen LogP contribution in [0.5, 0.6) is 0 Å². The van der Waals surface area contributed by atoms with Crippen LogP contribution in [0.1, 0.15) is 22.4 Å². The van der Waals surface area contributed by atoms with Gasteiger partial charge in [-0.1, -0.05) is 5.16 Å². The Morgan fingerprint density at radius 3 is 2.90 bits per heavy atom. The molecule has 1 N–H and O–H groups in total. The van der Waals surface area contributed by atoms with Crippen molar-refractivity contribution in [3.63, 3.8) is 0 Å². The molecule has 0 aromatic carbocycles. The normalized spacial score (nSPS) is 17.5. The predicted molar refractivity (Wildman–Crippen MR) is 72.7 cm³/mol. The molecule has 0 bridgehead atoms. The molecule has 1 saturated heterocycles. The van der Waals surface area contributed by atoms with Gasteiger partial charge in [0.05, 0.1) is 31.7 Å². The molecule has 3 heterocycles. The van der Waals surface area contributed by atoms with Crippen molar-refractivity contribution >= 4 is 5.91 Å². The number of carbonyl (C=O) groups excluding carboxylic acids is 1. The fraction of sp³-hybridized carbons (Fsp3) is 0.429. The van der Waals surface area contributed by atoms with E-state index in [1.54, 1.807) is 6.26 Å². The van der Waals surface area contributed by atoms with Crippen molar-refractivity contribution in [2.75, 3.05) is 32.8 Å². The highest BCUT2D eigenvalue weighted by Crippen LogP contribution is 2.21. The first-order chi connectivity index (χ1) is 10.3. The lowest BCUT2D eigenvalue weighted by Gasteiger charge is -2.33. The number of amides is 1. The highest BCUT2D eigenvalue weighted by Gasteiger charge is 2.25. The summed E-state index contributed by atoms with van der Waals surface area (Å²) in [6.07, 6.45) is 3.09. The van der Waals surface area contributed by atoms with E-state index < -0.39 is 0 Å². The highest BCUT2D eigenvalue weighted by atomic mass is 16.5. The Hall–Kier alpha value is -2.12. The van der Waals surface area contributed by atoms with Crippen LogP contribution in [0.25, 0.3) is 0 Å². The van der Waals surface area contributed by atoms with E-state index in [-0.39, 0.29) is 17.7 Å². The summed E-state index contributed by atoms with van der Waals surface area (Å²) in [5, 5.41) is 6.38. The van der Waals surface area contributed by atoms with Crippen molar-refractivity contribution in [1.29, 1.82) is 0 Å². The third kappa shape index (κ3) is 3.32. The minimum Gasteiger partial charge on any atom is -0.468 e. The Bertz CT molecular complexity index is 547. The topological polar surface area (TPSA) is 80.7 Å². The zero-order chi connectivity index (χ0) is 14.5. The van der Waals surface area contributed by atoms with Gasteiger partial charge in [-0.25, -0.2) is 0 Å². The fourth-order valence-corrected chi connectivity index (χ4v) is 2.39. The quantitative estimate of drug-likeness (QED) is 0.887. The van der Waals surface area contributed by atoms with E-state index in [9.17, 15) is 4.79 Å². The molecule has 7 nitrogen and oxygen atoms in total. The van der Waals surface area contributed by atoms with Gasteiger partial charge in [0.1, 0.15) is 5.76 Å². The molecule has 0 aliphatic carbocycles. The van der Waals surface area contributed by atoms with Crippen LogP contribution in [0, 0.1) is 0 Å². The third-order valence-corrected chi connectivity index (χ3v) is 3.48. The van der Waals surface area contributed by atoms with Crippen LogP contribution in [0.4, 0.5) is 0 Å². The SMILES string of the molecule is O=C(NCC(c1ccco1)N1CCOCC1)c1ccno1. The maximum absolute atomic E-state index is 11.9. The van der Waals surface area contributed by atoms with Gasteiger partial charge in [-0.3, -0.25) is 9.69 Å². The van der Waals surface area contributed by atoms with Gasteiger partial charge < -0.3 is 19.0 Å². The van der Waals surface area contributed by atoms with E-state index >= 15 is 0 Å². The fourth-order valence-electron chi connectivity index (χ4n) is 2.39. The van der Waals surface area contributed by atoms with Gasteiger partial charge >= 0.3 is 0 Å². The number of hydrogen-bond acceptors (Lipinski definition) is 6. The lowest BCUT2D eigenvalue weighted by molar-refractivity contribution is 0.0117. The molecule has 0 radical (unpaired) electrons. The second kappa shape index (κ2) is 6.55. The minimum absolute atomic E-state index is 0.0178. The van der Waals surface area contributed by atoms with E-state index in [1.807, 2.05) is 12.1 Å². The van der Waals surface area contributed by atoms with Gasteiger partial charge in [-0.2, -0.15) is 0 Å². The second-order valence-electron chi connectivity index (χ2n) is 4.77. The molecule has 0 saturated carbocycles. The molecule has 1 aliphatic rings. The molecule has 112 valence electrons. The zero-order valence-electron chi connectivity index (χ0n) is 11.5. The number of rotatable bonds is 5. The van der Waals surface area contributed by atoms with Gasteiger partial charge in [-0.05, 0) is 12.1 Å². The highest BCUT2D eigenvalue weighted by molar-refractivity contribution is 5.91. The van der Waals surface area contributed by atoms with Crippen molar-refractivity contribution in [2.45, 2.75) is 6.04 Å². The van der Waals surface area contributed by atoms with Crippen molar-refractivity contribution in [3.05, 3.63) is 42.2 Å². The van der Waals surface area contributed by atoms with Crippen LogP contribution >= 0.6 is 0 Å². The Kier molecular flexibility index (Phi) is 4.32. The number of ether oxygens (including phenoxy) is 1. The maximum atomic E-state index is 11.9. The smallest absolute Gasteiger partial charge is 0.289 e. The lowest BCUT2D eigenvalue weighted by atomic mass is 10.1. The number of hydrogen-bond donors (Lipinski definition) is 1. The van der Waals surface area contributed by atoms with Crippen LogP contribution < -0.4 is 5.32 Å². The van der Waals surface area contributed by atoms with Crippen LogP contribution in [-0.4, -0.2) is 48.8 Å². The molecule has 1 fully saturated rings. The number of carbonyl (C=O) groups is 1. The molecular formula is C14H17N3O4. The average molecular weight is 291 g/mol. The molecule has 2 aromatic rings. The summed E-state index contributed by atoms with van der Waals surface area (Å²) in [6.45, 7) is 3.43. The molecule has 21 heavy (non-hydrogen) atoms. The number of furan rings is 1. The summed E-state index contributed by atoms with van der Waals surface area (Å²) < 4.78 is 15.7. The van der Waals surface area contributed by atoms with E-state index in [1.165, 1.54) is 12.3 Å². The Balaban J connectivity index is 1.66. The summed E-state index contributed by atoms with van der Waals surface area (Å²) in [5.74, 6) is 0.752. The van der Waals surface area contributed by atoms with E-state index in [0.29, 0.717) is 19.8 Å². The first kappa shape index (κ1) is 13.8. The molecule has 7 heteroatoms. The number of nitrogens with zero attached hydrogens (tertiary/aromatic N) is 2. The molecule has 1 amide bonds. The first-order valence-corrected chi connectivity index (χ1v) is 6.88. The van der Waals surface area contributed by atoms with Gasteiger partial charge in [0.25, 0.3) is 5.91 Å². The number of nitrogens with one attached hydrogen (secondary N) is 1. The van der Waals surface area contributed by atoms with Crippen LogP contribution in [0.15, 0.2) is 39.6 Å². The van der Waals surface area contributed by atoms with E-state index in [4.69, 9.17) is 13.7 Å². The molecule has 3 rings (SSSR count). The molecule has 2 aromatic heterocycles. The lowest BCUT2D eigenvalue weighted by Crippen LogP contribution is -2.43. The van der Waals surface area contributed by atoms with Crippen LogP contribution in [0.3, 0.4) is 0 Å². The summed E-state index contributed by atoms with van der Waals surface area (Å²) in [4.78, 5) is 14.2. The van der Waals surface area contributed by atoms with Gasteiger partial charge in [0.2, 0.25) is 5.76 Å². The van der Waals surface area contributed by atoms with Crippen molar-refractivity contribution in [2.24, 2.45) is 0 Å². The van der Waals surface area contributed by atoms with Crippen molar-refractivity contribution < 1.29 is 18.5 Å². The predicted octanol–water partition coefficient (Wildman–Crippen LogP) is 1.07. The molecular weight excluding hydrogens is 274 g/mol. The largest absolute Gasteiger partial charge is 0.468 e. The Morgan fingerprint density at radius 1 is 1.38 bits per heavy atom. The third-order valence-electron chi connectivity index (χ3n) is 3.48. The van der Waals surface area contributed by atoms with Crippen molar-refractivity contribution in [3.8, 4) is 0 Å². The van der Waals surface area contributed by atoms with Gasteiger partial charge in [0.15, 0.2) is 0 Å². The molecule has 1 atom stereocenters. The maximum Gasteiger partial charge on any atom is 0.289 e. The first-order valence-electron chi connectivity index (χ1n) is 6.88. The van der Waals surface area contributed by atoms with Gasteiger partial charge in [0, 0.05) is 25.7 Å².